The SMILES string of the molecule is C[C@@H]1CC(F)(F)CN(C(=O)c2nn(C)cc2-c2ncc(F)cn2)C1COc1ncc(C(F)(F)F)cn1. The Labute approximate surface area is 200 Å². The van der Waals surface area contributed by atoms with Gasteiger partial charge in [0.15, 0.2) is 17.3 Å². The molecule has 36 heavy (non-hydrogen) atoms. The van der Waals surface area contributed by atoms with Gasteiger partial charge in [-0.25, -0.2) is 33.1 Å². The highest BCUT2D eigenvalue weighted by Gasteiger charge is 2.47. The van der Waals surface area contributed by atoms with Crippen molar-refractivity contribution in [2.24, 2.45) is 13.0 Å². The van der Waals surface area contributed by atoms with Crippen molar-refractivity contribution in [3.63, 3.8) is 0 Å². The van der Waals surface area contributed by atoms with Crippen LogP contribution >= 0.6 is 0 Å². The molecule has 0 N–H and O–H groups in total. The maximum Gasteiger partial charge on any atom is 0.419 e. The minimum Gasteiger partial charge on any atom is -0.461 e. The van der Waals surface area contributed by atoms with Crippen LogP contribution in [-0.2, 0) is 13.2 Å². The summed E-state index contributed by atoms with van der Waals surface area (Å²) in [4.78, 5) is 29.0. The van der Waals surface area contributed by atoms with Gasteiger partial charge in [-0.2, -0.15) is 18.3 Å². The molecule has 0 bridgehead atoms. The van der Waals surface area contributed by atoms with Gasteiger partial charge in [0.05, 0.1) is 36.1 Å². The molecule has 1 unspecified atom stereocenters. The van der Waals surface area contributed by atoms with Crippen LogP contribution in [0.25, 0.3) is 11.4 Å². The molecule has 192 valence electrons. The molecule has 1 saturated heterocycles. The van der Waals surface area contributed by atoms with E-state index in [0.29, 0.717) is 12.4 Å². The van der Waals surface area contributed by atoms with E-state index >= 15 is 0 Å². The first-order chi connectivity index (χ1) is 16.8. The summed E-state index contributed by atoms with van der Waals surface area (Å²) in [6.07, 6.45) is -0.940. The number of carbonyl (C=O) groups is 1. The van der Waals surface area contributed by atoms with Gasteiger partial charge in [0.2, 0.25) is 0 Å². The molecule has 9 nitrogen and oxygen atoms in total. The smallest absolute Gasteiger partial charge is 0.419 e. The maximum absolute atomic E-state index is 14.5. The Balaban J connectivity index is 1.60. The van der Waals surface area contributed by atoms with Crippen molar-refractivity contribution in [1.29, 1.82) is 0 Å². The van der Waals surface area contributed by atoms with E-state index in [0.717, 1.165) is 17.3 Å². The second kappa shape index (κ2) is 9.35. The fraction of sp³-hybridized carbons (Fsp3) is 0.429. The Morgan fingerprint density at radius 3 is 2.39 bits per heavy atom. The minimum atomic E-state index is -4.64. The van der Waals surface area contributed by atoms with Gasteiger partial charge in [-0.05, 0) is 5.92 Å². The summed E-state index contributed by atoms with van der Waals surface area (Å²) in [6, 6.07) is -1.31. The largest absolute Gasteiger partial charge is 0.461 e. The number of hydrogen-bond acceptors (Lipinski definition) is 7. The Morgan fingerprint density at radius 1 is 1.14 bits per heavy atom. The molecule has 1 aliphatic heterocycles. The van der Waals surface area contributed by atoms with E-state index in [-0.39, 0.29) is 23.7 Å². The average Bonchev–Trinajstić information content (AvgIpc) is 3.19. The number of aryl methyl sites for hydroxylation is 1. The fourth-order valence-corrected chi connectivity index (χ4v) is 3.92. The number of amides is 1. The Hall–Kier alpha value is -3.78. The average molecular weight is 515 g/mol. The zero-order valence-corrected chi connectivity index (χ0v) is 18.9. The highest BCUT2D eigenvalue weighted by atomic mass is 19.4. The number of rotatable bonds is 5. The van der Waals surface area contributed by atoms with Crippen LogP contribution in [0.5, 0.6) is 6.01 Å². The van der Waals surface area contributed by atoms with Crippen LogP contribution in [0.1, 0.15) is 29.4 Å². The van der Waals surface area contributed by atoms with Gasteiger partial charge in [0.25, 0.3) is 11.8 Å². The number of halogens is 6. The van der Waals surface area contributed by atoms with Crippen molar-refractivity contribution < 1.29 is 35.9 Å². The number of alkyl halides is 5. The van der Waals surface area contributed by atoms with E-state index in [4.69, 9.17) is 4.74 Å². The first kappa shape index (κ1) is 25.3. The van der Waals surface area contributed by atoms with E-state index in [9.17, 15) is 31.1 Å². The predicted molar refractivity (Wildman–Crippen MR) is 110 cm³/mol. The number of carbonyl (C=O) groups excluding carboxylic acids is 1. The van der Waals surface area contributed by atoms with Crippen LogP contribution in [0.4, 0.5) is 26.3 Å². The molecular weight excluding hydrogens is 496 g/mol. The molecule has 1 aliphatic rings. The lowest BCUT2D eigenvalue weighted by Crippen LogP contribution is -2.57. The molecule has 4 heterocycles. The minimum absolute atomic E-state index is 0.0318. The van der Waals surface area contributed by atoms with Gasteiger partial charge >= 0.3 is 12.2 Å². The van der Waals surface area contributed by atoms with E-state index < -0.39 is 60.3 Å². The maximum atomic E-state index is 14.5. The molecule has 0 spiro atoms. The monoisotopic (exact) mass is 515 g/mol. The number of likely N-dealkylation sites (tertiary alicyclic amines) is 1. The summed E-state index contributed by atoms with van der Waals surface area (Å²) in [5, 5.41) is 4.08. The topological polar surface area (TPSA) is 98.9 Å². The first-order valence-corrected chi connectivity index (χ1v) is 10.6. The Morgan fingerprint density at radius 2 is 1.78 bits per heavy atom. The van der Waals surface area contributed by atoms with Crippen LogP contribution in [0.15, 0.2) is 31.0 Å². The summed E-state index contributed by atoms with van der Waals surface area (Å²) in [7, 11) is 1.50. The van der Waals surface area contributed by atoms with E-state index in [1.807, 2.05) is 0 Å². The fourth-order valence-electron chi connectivity index (χ4n) is 3.92. The van der Waals surface area contributed by atoms with E-state index in [1.54, 1.807) is 0 Å². The van der Waals surface area contributed by atoms with Crippen LogP contribution in [0.2, 0.25) is 0 Å². The zero-order valence-electron chi connectivity index (χ0n) is 18.9. The van der Waals surface area contributed by atoms with Crippen molar-refractivity contribution in [1.82, 2.24) is 34.6 Å². The van der Waals surface area contributed by atoms with Gasteiger partial charge in [0.1, 0.15) is 6.61 Å². The molecular formula is C21H19F6N7O2. The molecule has 4 rings (SSSR count). The van der Waals surface area contributed by atoms with Gasteiger partial charge in [-0.3, -0.25) is 9.48 Å². The van der Waals surface area contributed by atoms with Gasteiger partial charge in [-0.1, -0.05) is 6.92 Å². The van der Waals surface area contributed by atoms with Crippen molar-refractivity contribution in [3.8, 4) is 17.4 Å². The number of hydrogen-bond donors (Lipinski definition) is 0. The normalized spacial score (nSPS) is 19.8. The van der Waals surface area contributed by atoms with Crippen molar-refractivity contribution in [3.05, 3.63) is 48.1 Å². The third-order valence-corrected chi connectivity index (χ3v) is 5.57. The molecule has 0 saturated carbocycles. The standard InChI is InChI=1S/C21H19F6N7O2/c1-11-3-20(23,24)10-34(15(11)9-36-19-30-4-12(5-31-19)21(25,26)27)18(35)16-14(8-33(2)32-16)17-28-6-13(22)7-29-17/h4-8,11,15H,3,9-10H2,1-2H3/t11-,15?/m1/s1. The molecule has 0 aromatic carbocycles. The van der Waals surface area contributed by atoms with Crippen molar-refractivity contribution in [2.45, 2.75) is 31.5 Å². The van der Waals surface area contributed by atoms with Crippen LogP contribution in [-0.4, -0.2) is 65.6 Å². The summed E-state index contributed by atoms with van der Waals surface area (Å²) in [6.45, 7) is 0.194. The third kappa shape index (κ3) is 5.39. The van der Waals surface area contributed by atoms with E-state index in [1.165, 1.54) is 24.9 Å². The highest BCUT2D eigenvalue weighted by molar-refractivity contribution is 5.98. The summed E-state index contributed by atoms with van der Waals surface area (Å²) in [5.41, 5.74) is -1.21. The Bertz CT molecular complexity index is 1230. The van der Waals surface area contributed by atoms with Gasteiger partial charge in [0, 0.05) is 32.1 Å². The molecule has 2 atom stereocenters. The quantitative estimate of drug-likeness (QED) is 0.481. The number of nitrogens with zero attached hydrogens (tertiary/aromatic N) is 7. The lowest BCUT2D eigenvalue weighted by atomic mass is 9.88. The molecule has 1 amide bonds. The van der Waals surface area contributed by atoms with Gasteiger partial charge in [-0.15, -0.1) is 0 Å². The third-order valence-electron chi connectivity index (χ3n) is 5.57. The second-order valence-corrected chi connectivity index (χ2v) is 8.39. The van der Waals surface area contributed by atoms with Crippen LogP contribution < -0.4 is 4.74 Å². The summed E-state index contributed by atoms with van der Waals surface area (Å²) < 4.78 is 87.1. The molecule has 15 heteroatoms. The molecule has 0 radical (unpaired) electrons. The summed E-state index contributed by atoms with van der Waals surface area (Å²) in [5.74, 6) is -5.58. The van der Waals surface area contributed by atoms with Crippen LogP contribution in [0, 0.1) is 11.7 Å². The lowest BCUT2D eigenvalue weighted by molar-refractivity contribution is -0.138. The van der Waals surface area contributed by atoms with Gasteiger partial charge < -0.3 is 9.64 Å². The van der Waals surface area contributed by atoms with Crippen molar-refractivity contribution >= 4 is 5.91 Å². The molecule has 1 fully saturated rings. The number of piperidine rings is 1. The second-order valence-electron chi connectivity index (χ2n) is 8.39. The summed E-state index contributed by atoms with van der Waals surface area (Å²) >= 11 is 0. The Kier molecular flexibility index (Phi) is 6.58. The molecule has 3 aromatic heterocycles. The zero-order chi connectivity index (χ0) is 26.3. The molecule has 0 aliphatic carbocycles. The first-order valence-electron chi connectivity index (χ1n) is 10.6. The van der Waals surface area contributed by atoms with E-state index in [2.05, 4.69) is 25.0 Å². The molecule has 3 aromatic rings. The predicted octanol–water partition coefficient (Wildman–Crippen LogP) is 3.39. The lowest BCUT2D eigenvalue weighted by Gasteiger charge is -2.42. The van der Waals surface area contributed by atoms with Crippen molar-refractivity contribution in [2.75, 3.05) is 13.2 Å². The number of aromatic nitrogens is 6. The number of ether oxygens (including phenoxy) is 1. The van der Waals surface area contributed by atoms with Crippen LogP contribution in [0.3, 0.4) is 0 Å². The highest BCUT2D eigenvalue weighted by Crippen LogP contribution is 2.36.